The van der Waals surface area contributed by atoms with E-state index in [0.717, 1.165) is 6.92 Å². The minimum Gasteiger partial charge on any atom is -0.492 e. The average Bonchev–Trinajstić information content (AvgIpc) is 2.98. The van der Waals surface area contributed by atoms with Crippen LogP contribution in [-0.2, 0) is 14.3 Å². The van der Waals surface area contributed by atoms with Crippen LogP contribution >= 0.6 is 11.3 Å². The Hall–Kier alpha value is -1.35. The van der Waals surface area contributed by atoms with Gasteiger partial charge in [0.15, 0.2) is 17.5 Å². The van der Waals surface area contributed by atoms with Crippen LogP contribution in [0.25, 0.3) is 0 Å². The van der Waals surface area contributed by atoms with Gasteiger partial charge in [0.25, 0.3) is 0 Å². The average molecular weight is 370 g/mol. The molecule has 0 aliphatic carbocycles. The fourth-order valence-electron chi connectivity index (χ4n) is 2.99. The molecule has 1 fully saturated rings. The summed E-state index contributed by atoms with van der Waals surface area (Å²) >= 11 is 0.699. The molecule has 0 aromatic carbocycles. The first-order valence-electron chi connectivity index (χ1n) is 7.30. The standard InChI is InChI=1S/C15H18F4O4S/c1-5-22-13(20)11-9(8-6-24-12(16)10(8)21-4)7(2)14(3,23-11)15(17,18)19/h6-7,9,11H,5H2,1-4H3. The second kappa shape index (κ2) is 6.51. The van der Waals surface area contributed by atoms with Crippen molar-refractivity contribution in [3.05, 3.63) is 16.1 Å². The van der Waals surface area contributed by atoms with E-state index in [1.54, 1.807) is 6.92 Å². The van der Waals surface area contributed by atoms with Gasteiger partial charge in [-0.1, -0.05) is 6.92 Å². The molecule has 0 radical (unpaired) electrons. The fourth-order valence-corrected chi connectivity index (χ4v) is 3.79. The van der Waals surface area contributed by atoms with Crippen LogP contribution in [0, 0.1) is 11.0 Å². The molecule has 1 saturated heterocycles. The number of methoxy groups -OCH3 is 1. The maximum atomic E-state index is 13.8. The Morgan fingerprint density at radius 1 is 1.46 bits per heavy atom. The van der Waals surface area contributed by atoms with Crippen molar-refractivity contribution >= 4 is 17.3 Å². The van der Waals surface area contributed by atoms with E-state index >= 15 is 0 Å². The number of thiophene rings is 1. The number of carbonyl (C=O) groups is 1. The highest BCUT2D eigenvalue weighted by atomic mass is 32.1. The summed E-state index contributed by atoms with van der Waals surface area (Å²) in [5.41, 5.74) is -2.38. The second-order valence-electron chi connectivity index (χ2n) is 5.71. The van der Waals surface area contributed by atoms with Gasteiger partial charge in [-0.3, -0.25) is 0 Å². The lowest BCUT2D eigenvalue weighted by Crippen LogP contribution is -2.47. The molecule has 0 spiro atoms. The molecule has 0 amide bonds. The number of halogens is 4. The topological polar surface area (TPSA) is 44.8 Å². The number of carbonyl (C=O) groups excluding carboxylic acids is 1. The molecule has 1 aliphatic rings. The van der Waals surface area contributed by atoms with Crippen molar-refractivity contribution < 1.29 is 36.6 Å². The first kappa shape index (κ1) is 19.0. The molecule has 2 heterocycles. The minimum absolute atomic E-state index is 0.00232. The van der Waals surface area contributed by atoms with E-state index in [2.05, 4.69) is 0 Å². The summed E-state index contributed by atoms with van der Waals surface area (Å²) in [7, 11) is 1.22. The van der Waals surface area contributed by atoms with Gasteiger partial charge >= 0.3 is 12.1 Å². The van der Waals surface area contributed by atoms with Crippen LogP contribution in [0.5, 0.6) is 5.75 Å². The third-order valence-electron chi connectivity index (χ3n) is 4.48. The molecule has 2 rings (SSSR count). The maximum Gasteiger partial charge on any atom is 0.417 e. The third kappa shape index (κ3) is 2.88. The molecular formula is C15H18F4O4S. The Morgan fingerprint density at radius 3 is 2.58 bits per heavy atom. The molecular weight excluding hydrogens is 352 g/mol. The van der Waals surface area contributed by atoms with Gasteiger partial charge in [0.1, 0.15) is 0 Å². The molecule has 1 aromatic heterocycles. The van der Waals surface area contributed by atoms with E-state index in [4.69, 9.17) is 14.2 Å². The van der Waals surface area contributed by atoms with Gasteiger partial charge < -0.3 is 14.2 Å². The molecule has 4 atom stereocenters. The van der Waals surface area contributed by atoms with Gasteiger partial charge in [0.05, 0.1) is 13.7 Å². The SMILES string of the molecule is CCOC(=O)C1OC(C)(C(F)(F)F)C(C)C1c1csc(F)c1OC. The van der Waals surface area contributed by atoms with Crippen molar-refractivity contribution in [1.82, 2.24) is 0 Å². The summed E-state index contributed by atoms with van der Waals surface area (Å²) in [5, 5.41) is 0.690. The predicted molar refractivity (Wildman–Crippen MR) is 78.7 cm³/mol. The number of hydrogen-bond donors (Lipinski definition) is 0. The van der Waals surface area contributed by atoms with Crippen molar-refractivity contribution in [3.63, 3.8) is 0 Å². The van der Waals surface area contributed by atoms with Crippen LogP contribution in [-0.4, -0.2) is 37.6 Å². The molecule has 1 aliphatic heterocycles. The molecule has 1 aromatic rings. The van der Waals surface area contributed by atoms with Crippen LogP contribution in [0.15, 0.2) is 5.38 Å². The highest BCUT2D eigenvalue weighted by molar-refractivity contribution is 7.08. The first-order chi connectivity index (χ1) is 11.1. The normalized spacial score (nSPS) is 30.4. The van der Waals surface area contributed by atoms with Gasteiger partial charge in [0.2, 0.25) is 5.13 Å². The second-order valence-corrected chi connectivity index (χ2v) is 6.54. The highest BCUT2D eigenvalue weighted by Crippen LogP contribution is 2.55. The van der Waals surface area contributed by atoms with Crippen LogP contribution in [0.3, 0.4) is 0 Å². The zero-order valence-electron chi connectivity index (χ0n) is 13.6. The number of ether oxygens (including phenoxy) is 3. The zero-order chi connectivity index (χ0) is 18.3. The predicted octanol–water partition coefficient (Wildman–Crippen LogP) is 3.90. The van der Waals surface area contributed by atoms with E-state index < -0.39 is 40.8 Å². The Labute approximate surface area is 140 Å². The number of alkyl halides is 3. The van der Waals surface area contributed by atoms with E-state index in [0.29, 0.717) is 11.3 Å². The quantitative estimate of drug-likeness (QED) is 0.596. The third-order valence-corrected chi connectivity index (χ3v) is 5.24. The van der Waals surface area contributed by atoms with Gasteiger partial charge in [-0.25, -0.2) is 4.79 Å². The fraction of sp³-hybridized carbons (Fsp3) is 0.667. The number of hydrogen-bond acceptors (Lipinski definition) is 5. The number of rotatable bonds is 4. The number of esters is 1. The van der Waals surface area contributed by atoms with Gasteiger partial charge in [-0.05, 0) is 13.8 Å². The Bertz CT molecular complexity index is 615. The Morgan fingerprint density at radius 2 is 2.08 bits per heavy atom. The summed E-state index contributed by atoms with van der Waals surface area (Å²) in [6, 6.07) is 0. The highest BCUT2D eigenvalue weighted by Gasteiger charge is 2.66. The van der Waals surface area contributed by atoms with Crippen molar-refractivity contribution in [2.24, 2.45) is 5.92 Å². The molecule has 4 unspecified atom stereocenters. The largest absolute Gasteiger partial charge is 0.492 e. The first-order valence-corrected chi connectivity index (χ1v) is 8.18. The monoisotopic (exact) mass is 370 g/mol. The van der Waals surface area contributed by atoms with Crippen LogP contribution in [0.2, 0.25) is 0 Å². The van der Waals surface area contributed by atoms with Crippen molar-refractivity contribution in [2.75, 3.05) is 13.7 Å². The lowest BCUT2D eigenvalue weighted by molar-refractivity contribution is -0.274. The lowest BCUT2D eigenvalue weighted by atomic mass is 9.78. The van der Waals surface area contributed by atoms with Crippen molar-refractivity contribution in [2.45, 2.75) is 44.6 Å². The summed E-state index contributed by atoms with van der Waals surface area (Å²) in [6.45, 7) is 3.75. The lowest BCUT2D eigenvalue weighted by Gasteiger charge is -2.31. The minimum atomic E-state index is -4.70. The van der Waals surface area contributed by atoms with Crippen LogP contribution in [0.4, 0.5) is 17.6 Å². The summed E-state index contributed by atoms with van der Waals surface area (Å²) in [6.07, 6.45) is -6.19. The Kier molecular flexibility index (Phi) is 5.15. The van der Waals surface area contributed by atoms with E-state index in [-0.39, 0.29) is 17.9 Å². The summed E-state index contributed by atoms with van der Waals surface area (Å²) in [5.74, 6) is -3.25. The zero-order valence-corrected chi connectivity index (χ0v) is 14.4. The van der Waals surface area contributed by atoms with E-state index in [1.165, 1.54) is 19.4 Å². The molecule has 24 heavy (non-hydrogen) atoms. The molecule has 0 saturated carbocycles. The molecule has 0 N–H and O–H groups in total. The molecule has 0 bridgehead atoms. The molecule has 9 heteroatoms. The van der Waals surface area contributed by atoms with Gasteiger partial charge in [-0.15, -0.1) is 11.3 Å². The van der Waals surface area contributed by atoms with Crippen molar-refractivity contribution in [1.29, 1.82) is 0 Å². The maximum absolute atomic E-state index is 13.8. The van der Waals surface area contributed by atoms with Crippen LogP contribution < -0.4 is 4.74 Å². The van der Waals surface area contributed by atoms with Gasteiger partial charge in [-0.2, -0.15) is 17.6 Å². The Balaban J connectivity index is 2.53. The molecule has 136 valence electrons. The van der Waals surface area contributed by atoms with E-state index in [9.17, 15) is 22.4 Å². The van der Waals surface area contributed by atoms with Crippen LogP contribution in [0.1, 0.15) is 32.3 Å². The summed E-state index contributed by atoms with van der Waals surface area (Å²) in [4.78, 5) is 12.2. The smallest absolute Gasteiger partial charge is 0.417 e. The van der Waals surface area contributed by atoms with Crippen molar-refractivity contribution in [3.8, 4) is 5.75 Å². The van der Waals surface area contributed by atoms with Gasteiger partial charge in [0, 0.05) is 22.8 Å². The molecule has 4 nitrogen and oxygen atoms in total. The van der Waals surface area contributed by atoms with E-state index in [1.807, 2.05) is 0 Å². The summed E-state index contributed by atoms with van der Waals surface area (Å²) < 4.78 is 69.3.